The van der Waals surface area contributed by atoms with E-state index in [1.165, 1.54) is 36.8 Å². The van der Waals surface area contributed by atoms with E-state index in [1.54, 1.807) is 0 Å². The Kier molecular flexibility index (Phi) is 5.82. The molecule has 0 heterocycles. The monoisotopic (exact) mass is 216 g/mol. The molecule has 2 nitrogen and oxygen atoms in total. The van der Waals surface area contributed by atoms with Crippen molar-refractivity contribution >= 4 is 0 Å². The summed E-state index contributed by atoms with van der Waals surface area (Å²) in [5, 5.41) is 0. The highest BCUT2D eigenvalue weighted by atomic mass is 15.3. The maximum absolute atomic E-state index is 2.38. The van der Waals surface area contributed by atoms with Crippen LogP contribution in [0.3, 0.4) is 0 Å². The van der Waals surface area contributed by atoms with E-state index in [0.29, 0.717) is 0 Å². The molecule has 0 aromatic rings. The van der Waals surface area contributed by atoms with Gasteiger partial charge in [-0.1, -0.05) is 13.3 Å². The van der Waals surface area contributed by atoms with Gasteiger partial charge in [-0.15, -0.1) is 0 Å². The lowest BCUT2D eigenvalue weighted by Crippen LogP contribution is -2.49. The number of hydrogen-bond donors (Lipinski definition) is 0. The second-order valence-corrected chi connectivity index (χ2v) is 6.51. The minimum absolute atomic E-state index is 0.794. The van der Waals surface area contributed by atoms with Crippen LogP contribution in [0, 0.1) is 0 Å². The summed E-state index contributed by atoms with van der Waals surface area (Å²) >= 11 is 0. The van der Waals surface area contributed by atoms with Crippen molar-refractivity contribution in [3.63, 3.8) is 0 Å². The number of quaternary nitrogens is 2. The molecule has 0 aliphatic heterocycles. The molecule has 0 aromatic heterocycles. The van der Waals surface area contributed by atoms with Gasteiger partial charge < -0.3 is 8.97 Å². The summed E-state index contributed by atoms with van der Waals surface area (Å²) in [5.74, 6) is 0. The van der Waals surface area contributed by atoms with Crippen LogP contribution >= 0.6 is 0 Å². The molecule has 0 aliphatic carbocycles. The van der Waals surface area contributed by atoms with Crippen LogP contribution < -0.4 is 0 Å². The van der Waals surface area contributed by atoms with E-state index in [4.69, 9.17) is 0 Å². The maximum atomic E-state index is 2.38. The van der Waals surface area contributed by atoms with Gasteiger partial charge in [-0.25, -0.2) is 0 Å². The Morgan fingerprint density at radius 3 is 1.87 bits per heavy atom. The average Bonchev–Trinajstić information content (AvgIpc) is 2.01. The summed E-state index contributed by atoms with van der Waals surface area (Å²) in [6.07, 6.45) is 3.97. The quantitative estimate of drug-likeness (QED) is 0.573. The molecule has 0 aromatic carbocycles. The molecular formula is C13H32N2+2. The lowest BCUT2D eigenvalue weighted by atomic mass is 10.1. The van der Waals surface area contributed by atoms with Crippen molar-refractivity contribution in [3.8, 4) is 0 Å². The van der Waals surface area contributed by atoms with Gasteiger partial charge in [0, 0.05) is 6.42 Å². The van der Waals surface area contributed by atoms with E-state index in [9.17, 15) is 0 Å². The first-order chi connectivity index (χ1) is 6.69. The van der Waals surface area contributed by atoms with Crippen molar-refractivity contribution in [1.82, 2.24) is 0 Å². The van der Waals surface area contributed by atoms with Gasteiger partial charge in [0.1, 0.15) is 0 Å². The fourth-order valence-electron chi connectivity index (χ4n) is 1.94. The van der Waals surface area contributed by atoms with Crippen LogP contribution in [0.1, 0.15) is 33.1 Å². The third-order valence-electron chi connectivity index (χ3n) is 3.46. The molecular weight excluding hydrogens is 184 g/mol. The van der Waals surface area contributed by atoms with E-state index in [0.717, 1.165) is 10.5 Å². The topological polar surface area (TPSA) is 0 Å². The van der Waals surface area contributed by atoms with Gasteiger partial charge in [-0.2, -0.15) is 0 Å². The van der Waals surface area contributed by atoms with Crippen molar-refractivity contribution in [2.75, 3.05) is 48.3 Å². The Balaban J connectivity index is 3.93. The first kappa shape index (κ1) is 14.9. The predicted octanol–water partition coefficient (Wildman–Crippen LogP) is 2.35. The molecule has 0 saturated heterocycles. The molecule has 0 radical (unpaired) electrons. The number of rotatable bonds is 7. The smallest absolute Gasteiger partial charge is 0.0857 e. The molecule has 0 spiro atoms. The van der Waals surface area contributed by atoms with E-state index >= 15 is 0 Å². The Morgan fingerprint density at radius 1 is 0.933 bits per heavy atom. The summed E-state index contributed by atoms with van der Waals surface area (Å²) < 4.78 is 2.26. The number of hydrogen-bond acceptors (Lipinski definition) is 0. The minimum atomic E-state index is 0.794. The first-order valence-corrected chi connectivity index (χ1v) is 6.32. The van der Waals surface area contributed by atoms with Crippen LogP contribution in [-0.4, -0.2) is 63.3 Å². The third kappa shape index (κ3) is 6.91. The zero-order valence-electron chi connectivity index (χ0n) is 12.0. The largest absolute Gasteiger partial charge is 0.331 e. The molecule has 2 heteroatoms. The molecule has 0 amide bonds. The normalized spacial score (nSPS) is 15.4. The second kappa shape index (κ2) is 5.86. The van der Waals surface area contributed by atoms with Gasteiger partial charge in [0.15, 0.2) is 0 Å². The van der Waals surface area contributed by atoms with Gasteiger partial charge >= 0.3 is 0 Å². The maximum Gasteiger partial charge on any atom is 0.0857 e. The Morgan fingerprint density at radius 2 is 1.47 bits per heavy atom. The molecule has 0 saturated carbocycles. The van der Waals surface area contributed by atoms with Crippen LogP contribution in [-0.2, 0) is 0 Å². The van der Waals surface area contributed by atoms with Crippen molar-refractivity contribution in [2.45, 2.75) is 39.2 Å². The third-order valence-corrected chi connectivity index (χ3v) is 3.46. The molecule has 0 rings (SSSR count). The standard InChI is InChI=1S/C13H32N2/c1-8-10-13(2)15(6,7)12-9-11-14(3,4)5/h13H,8-12H2,1-7H3/q+2. The summed E-state index contributed by atoms with van der Waals surface area (Å²) in [4.78, 5) is 0. The second-order valence-electron chi connectivity index (χ2n) is 6.51. The number of nitrogens with zero attached hydrogens (tertiary/aromatic N) is 2. The SMILES string of the molecule is CCCC(C)[N+](C)(C)CCC[N+](C)(C)C. The molecule has 1 unspecified atom stereocenters. The fourth-order valence-corrected chi connectivity index (χ4v) is 1.94. The van der Waals surface area contributed by atoms with Gasteiger partial charge in [-0.05, 0) is 13.3 Å². The molecule has 1 atom stereocenters. The van der Waals surface area contributed by atoms with Crippen LogP contribution in [0.15, 0.2) is 0 Å². The highest BCUT2D eigenvalue weighted by molar-refractivity contribution is 4.50. The van der Waals surface area contributed by atoms with Gasteiger partial charge in [0.25, 0.3) is 0 Å². The minimum Gasteiger partial charge on any atom is -0.331 e. The molecule has 92 valence electrons. The molecule has 15 heavy (non-hydrogen) atoms. The van der Waals surface area contributed by atoms with Crippen molar-refractivity contribution < 1.29 is 8.97 Å². The molecule has 0 fully saturated rings. The Bertz CT molecular complexity index is 168. The first-order valence-electron chi connectivity index (χ1n) is 6.32. The average molecular weight is 216 g/mol. The molecule has 0 N–H and O–H groups in total. The lowest BCUT2D eigenvalue weighted by molar-refractivity contribution is -0.920. The van der Waals surface area contributed by atoms with Gasteiger partial charge in [-0.3, -0.25) is 0 Å². The van der Waals surface area contributed by atoms with Crippen LogP contribution in [0.25, 0.3) is 0 Å². The van der Waals surface area contributed by atoms with E-state index < -0.39 is 0 Å². The summed E-state index contributed by atoms with van der Waals surface area (Å²) in [6.45, 7) is 7.25. The van der Waals surface area contributed by atoms with Crippen molar-refractivity contribution in [3.05, 3.63) is 0 Å². The highest BCUT2D eigenvalue weighted by Crippen LogP contribution is 2.13. The zero-order valence-corrected chi connectivity index (χ0v) is 12.0. The van der Waals surface area contributed by atoms with Crippen LogP contribution in [0.2, 0.25) is 0 Å². The Labute approximate surface area is 97.1 Å². The summed E-state index contributed by atoms with van der Waals surface area (Å²) in [7, 11) is 11.6. The van der Waals surface area contributed by atoms with Gasteiger partial charge in [0.05, 0.1) is 54.4 Å². The highest BCUT2D eigenvalue weighted by Gasteiger charge is 2.23. The summed E-state index contributed by atoms with van der Waals surface area (Å²) in [5.41, 5.74) is 0. The predicted molar refractivity (Wildman–Crippen MR) is 68.9 cm³/mol. The zero-order chi connectivity index (χ0) is 12.1. The van der Waals surface area contributed by atoms with Crippen molar-refractivity contribution in [1.29, 1.82) is 0 Å². The lowest BCUT2D eigenvalue weighted by Gasteiger charge is -2.37. The Hall–Kier alpha value is -0.0800. The van der Waals surface area contributed by atoms with Crippen LogP contribution in [0.4, 0.5) is 0 Å². The van der Waals surface area contributed by atoms with E-state index in [-0.39, 0.29) is 0 Å². The molecule has 0 aliphatic rings. The fraction of sp³-hybridized carbons (Fsp3) is 1.00. The molecule has 0 bridgehead atoms. The van der Waals surface area contributed by atoms with E-state index in [1.807, 2.05) is 0 Å². The van der Waals surface area contributed by atoms with Gasteiger partial charge in [0.2, 0.25) is 0 Å². The van der Waals surface area contributed by atoms with E-state index in [2.05, 4.69) is 49.1 Å². The van der Waals surface area contributed by atoms with Crippen LogP contribution in [0.5, 0.6) is 0 Å². The summed E-state index contributed by atoms with van der Waals surface area (Å²) in [6, 6.07) is 0.794. The van der Waals surface area contributed by atoms with Crippen molar-refractivity contribution in [2.24, 2.45) is 0 Å².